The lowest BCUT2D eigenvalue weighted by Gasteiger charge is -2.09. The lowest BCUT2D eigenvalue weighted by molar-refractivity contribution is 0.112. The third-order valence-corrected chi connectivity index (χ3v) is 3.47. The molecule has 0 amide bonds. The zero-order valence-corrected chi connectivity index (χ0v) is 9.84. The Kier molecular flexibility index (Phi) is 2.44. The van der Waals surface area contributed by atoms with Crippen LogP contribution in [0, 0.1) is 0 Å². The first-order chi connectivity index (χ1) is 8.29. The van der Waals surface area contributed by atoms with Crippen LogP contribution in [0.25, 0.3) is 5.52 Å². The Morgan fingerprint density at radius 1 is 1.47 bits per heavy atom. The van der Waals surface area contributed by atoms with Gasteiger partial charge in [-0.1, -0.05) is 6.07 Å². The number of likely N-dealkylation sites (tertiary alicyclic amines) is 1. The minimum absolute atomic E-state index is 0.434. The summed E-state index contributed by atoms with van der Waals surface area (Å²) in [5.74, 6) is 1.45. The number of hydrogen-bond donors (Lipinski definition) is 0. The van der Waals surface area contributed by atoms with Crippen molar-refractivity contribution in [2.24, 2.45) is 0 Å². The van der Waals surface area contributed by atoms with Crippen molar-refractivity contribution in [2.45, 2.75) is 12.3 Å². The van der Waals surface area contributed by atoms with Crippen LogP contribution < -0.4 is 0 Å². The van der Waals surface area contributed by atoms with E-state index in [0.717, 1.165) is 37.1 Å². The van der Waals surface area contributed by atoms with Crippen molar-refractivity contribution in [1.29, 1.82) is 0 Å². The van der Waals surface area contributed by atoms with Crippen LogP contribution in [0.2, 0.25) is 0 Å². The fourth-order valence-electron chi connectivity index (χ4n) is 2.61. The predicted molar refractivity (Wildman–Crippen MR) is 65.4 cm³/mol. The summed E-state index contributed by atoms with van der Waals surface area (Å²) in [7, 11) is 2.12. The van der Waals surface area contributed by atoms with Crippen molar-refractivity contribution in [3.63, 3.8) is 0 Å². The molecular weight excluding hydrogens is 214 g/mol. The number of likely N-dealkylation sites (N-methyl/N-ethyl adjacent to an activating group) is 1. The number of imidazole rings is 1. The van der Waals surface area contributed by atoms with E-state index in [1.165, 1.54) is 0 Å². The molecule has 17 heavy (non-hydrogen) atoms. The third-order valence-electron chi connectivity index (χ3n) is 3.47. The summed E-state index contributed by atoms with van der Waals surface area (Å²) < 4.78 is 2.05. The number of carbonyl (C=O) groups excluding carboxylic acids is 1. The quantitative estimate of drug-likeness (QED) is 0.733. The van der Waals surface area contributed by atoms with E-state index in [4.69, 9.17) is 0 Å². The van der Waals surface area contributed by atoms with Gasteiger partial charge in [0.1, 0.15) is 11.5 Å². The molecule has 1 saturated heterocycles. The van der Waals surface area contributed by atoms with E-state index >= 15 is 0 Å². The second kappa shape index (κ2) is 3.96. The van der Waals surface area contributed by atoms with E-state index < -0.39 is 0 Å². The Balaban J connectivity index is 2.13. The Bertz CT molecular complexity index is 561. The number of rotatable bonds is 2. The molecule has 1 atom stereocenters. The van der Waals surface area contributed by atoms with Gasteiger partial charge in [0.15, 0.2) is 6.29 Å². The fraction of sp³-hybridized carbons (Fsp3) is 0.385. The Morgan fingerprint density at radius 3 is 3.06 bits per heavy atom. The monoisotopic (exact) mass is 229 g/mol. The molecular formula is C13H15N3O. The molecule has 1 aliphatic heterocycles. The van der Waals surface area contributed by atoms with E-state index in [0.29, 0.717) is 11.6 Å². The number of pyridine rings is 1. The first-order valence-electron chi connectivity index (χ1n) is 5.90. The van der Waals surface area contributed by atoms with Gasteiger partial charge in [0.2, 0.25) is 0 Å². The summed E-state index contributed by atoms with van der Waals surface area (Å²) in [4.78, 5) is 17.8. The molecule has 3 rings (SSSR count). The first-order valence-corrected chi connectivity index (χ1v) is 5.90. The van der Waals surface area contributed by atoms with Gasteiger partial charge in [0.05, 0.1) is 5.52 Å². The number of aromatic nitrogens is 2. The first kappa shape index (κ1) is 10.5. The van der Waals surface area contributed by atoms with E-state index in [1.807, 2.05) is 28.8 Å². The van der Waals surface area contributed by atoms with Crippen molar-refractivity contribution in [2.75, 3.05) is 20.1 Å². The Morgan fingerprint density at radius 2 is 2.35 bits per heavy atom. The maximum absolute atomic E-state index is 11.0. The van der Waals surface area contributed by atoms with E-state index in [-0.39, 0.29) is 0 Å². The second-order valence-corrected chi connectivity index (χ2v) is 4.68. The topological polar surface area (TPSA) is 37.6 Å². The lowest BCUT2D eigenvalue weighted by Crippen LogP contribution is -2.14. The van der Waals surface area contributed by atoms with Gasteiger partial charge in [-0.05, 0) is 32.1 Å². The number of carbonyl (C=O) groups is 1. The molecule has 0 aromatic carbocycles. The van der Waals surface area contributed by atoms with Crippen LogP contribution in [0.1, 0.15) is 28.7 Å². The number of nitrogens with zero attached hydrogens (tertiary/aromatic N) is 3. The average Bonchev–Trinajstić information content (AvgIpc) is 2.92. The summed E-state index contributed by atoms with van der Waals surface area (Å²) in [6.45, 7) is 2.12. The summed E-state index contributed by atoms with van der Waals surface area (Å²) in [6, 6.07) is 5.86. The molecule has 0 N–H and O–H groups in total. The fourth-order valence-corrected chi connectivity index (χ4v) is 2.61. The van der Waals surface area contributed by atoms with E-state index in [2.05, 4.69) is 16.9 Å². The van der Waals surface area contributed by atoms with Crippen LogP contribution >= 0.6 is 0 Å². The smallest absolute Gasteiger partial charge is 0.170 e. The third kappa shape index (κ3) is 1.65. The molecule has 4 heteroatoms. The highest BCUT2D eigenvalue weighted by Crippen LogP contribution is 2.27. The SMILES string of the molecule is CN1CCC(c2nc(C=O)c3ccccn23)C1. The number of hydrogen-bond acceptors (Lipinski definition) is 3. The van der Waals surface area contributed by atoms with Crippen LogP contribution in [0.15, 0.2) is 24.4 Å². The summed E-state index contributed by atoms with van der Waals surface area (Å²) in [5.41, 5.74) is 1.46. The molecule has 2 aromatic rings. The van der Waals surface area contributed by atoms with Gasteiger partial charge in [-0.3, -0.25) is 4.79 Å². The van der Waals surface area contributed by atoms with Crippen LogP contribution in [0.4, 0.5) is 0 Å². The van der Waals surface area contributed by atoms with Crippen molar-refractivity contribution >= 4 is 11.8 Å². The van der Waals surface area contributed by atoms with Gasteiger partial charge in [-0.25, -0.2) is 4.98 Å². The highest BCUT2D eigenvalue weighted by molar-refractivity contribution is 5.83. The summed E-state index contributed by atoms with van der Waals surface area (Å²) in [6.07, 6.45) is 3.95. The van der Waals surface area contributed by atoms with Gasteiger partial charge in [-0.2, -0.15) is 0 Å². The van der Waals surface area contributed by atoms with E-state index in [9.17, 15) is 4.79 Å². The Labute approximate surface area is 99.9 Å². The highest BCUT2D eigenvalue weighted by atomic mass is 16.1. The second-order valence-electron chi connectivity index (χ2n) is 4.68. The molecule has 0 bridgehead atoms. The van der Waals surface area contributed by atoms with Gasteiger partial charge in [0, 0.05) is 18.7 Å². The maximum atomic E-state index is 11.0. The minimum atomic E-state index is 0.434. The van der Waals surface area contributed by atoms with Crippen molar-refractivity contribution in [3.05, 3.63) is 35.9 Å². The predicted octanol–water partition coefficient (Wildman–Crippen LogP) is 1.57. The minimum Gasteiger partial charge on any atom is -0.306 e. The summed E-state index contributed by atoms with van der Waals surface area (Å²) >= 11 is 0. The van der Waals surface area contributed by atoms with Gasteiger partial charge in [0.25, 0.3) is 0 Å². The van der Waals surface area contributed by atoms with Crippen molar-refractivity contribution in [3.8, 4) is 0 Å². The van der Waals surface area contributed by atoms with Crippen LogP contribution in [0.3, 0.4) is 0 Å². The molecule has 0 saturated carbocycles. The molecule has 1 unspecified atom stereocenters. The molecule has 0 radical (unpaired) electrons. The maximum Gasteiger partial charge on any atom is 0.170 e. The molecule has 88 valence electrons. The Hall–Kier alpha value is -1.68. The van der Waals surface area contributed by atoms with Crippen LogP contribution in [-0.2, 0) is 0 Å². The standard InChI is InChI=1S/C13H15N3O/c1-15-7-5-10(8-15)13-14-11(9-17)12-4-2-3-6-16(12)13/h2-4,6,9-10H,5,7-8H2,1H3. The molecule has 4 nitrogen and oxygen atoms in total. The molecule has 0 spiro atoms. The molecule has 2 aromatic heterocycles. The zero-order valence-electron chi connectivity index (χ0n) is 9.84. The van der Waals surface area contributed by atoms with Gasteiger partial charge in [-0.15, -0.1) is 0 Å². The van der Waals surface area contributed by atoms with Gasteiger partial charge < -0.3 is 9.30 Å². The molecule has 0 aliphatic carbocycles. The summed E-state index contributed by atoms with van der Waals surface area (Å²) in [5, 5.41) is 0. The normalized spacial score (nSPS) is 21.1. The zero-order chi connectivity index (χ0) is 11.8. The molecule has 3 heterocycles. The van der Waals surface area contributed by atoms with Crippen molar-refractivity contribution < 1.29 is 4.79 Å². The van der Waals surface area contributed by atoms with Crippen molar-refractivity contribution in [1.82, 2.24) is 14.3 Å². The lowest BCUT2D eigenvalue weighted by atomic mass is 10.1. The average molecular weight is 229 g/mol. The molecule has 1 fully saturated rings. The highest BCUT2D eigenvalue weighted by Gasteiger charge is 2.25. The van der Waals surface area contributed by atoms with E-state index in [1.54, 1.807) is 0 Å². The number of fused-ring (bicyclic) bond motifs is 1. The number of aldehydes is 1. The van der Waals surface area contributed by atoms with Crippen LogP contribution in [0.5, 0.6) is 0 Å². The van der Waals surface area contributed by atoms with Gasteiger partial charge >= 0.3 is 0 Å². The molecule has 1 aliphatic rings. The largest absolute Gasteiger partial charge is 0.306 e. The van der Waals surface area contributed by atoms with Crippen LogP contribution in [-0.4, -0.2) is 40.7 Å².